The zero-order valence-electron chi connectivity index (χ0n) is 12.3. The summed E-state index contributed by atoms with van der Waals surface area (Å²) in [5.74, 6) is 0.112. The van der Waals surface area contributed by atoms with E-state index in [4.69, 9.17) is 16.3 Å². The Hall–Kier alpha value is -1.86. The Labute approximate surface area is 133 Å². The smallest absolute Gasteiger partial charge is 0.312 e. The lowest BCUT2D eigenvalue weighted by Crippen LogP contribution is -2.52. The molecule has 1 aliphatic rings. The molecule has 8 heteroatoms. The van der Waals surface area contributed by atoms with Crippen LogP contribution in [0.2, 0.25) is 5.02 Å². The summed E-state index contributed by atoms with van der Waals surface area (Å²) in [6.45, 7) is 4.29. The lowest BCUT2D eigenvalue weighted by Gasteiger charge is -2.34. The molecule has 2 rings (SSSR count). The molecule has 0 radical (unpaired) electrons. The number of rotatable bonds is 5. The molecular weight excluding hydrogens is 310 g/mol. The van der Waals surface area contributed by atoms with Crippen LogP contribution in [0.15, 0.2) is 18.2 Å². The van der Waals surface area contributed by atoms with Crippen LogP contribution >= 0.6 is 11.6 Å². The number of amides is 1. The average Bonchev–Trinajstić information content (AvgIpc) is 2.48. The zero-order chi connectivity index (χ0) is 16.1. The van der Waals surface area contributed by atoms with Crippen LogP contribution in [0.3, 0.4) is 0 Å². The molecule has 1 fully saturated rings. The fourth-order valence-corrected chi connectivity index (χ4v) is 2.53. The maximum absolute atomic E-state index is 12.1. The number of nitro benzene ring substituents is 1. The van der Waals surface area contributed by atoms with Crippen LogP contribution in [0.5, 0.6) is 5.75 Å². The van der Waals surface area contributed by atoms with Crippen LogP contribution in [0.25, 0.3) is 0 Å². The van der Waals surface area contributed by atoms with E-state index in [2.05, 4.69) is 5.32 Å². The van der Waals surface area contributed by atoms with Crippen molar-refractivity contribution in [1.82, 2.24) is 10.2 Å². The highest BCUT2D eigenvalue weighted by Crippen LogP contribution is 2.29. The fraction of sp³-hybridized carbons (Fsp3) is 0.500. The van der Waals surface area contributed by atoms with Gasteiger partial charge in [0.1, 0.15) is 0 Å². The first-order valence-corrected chi connectivity index (χ1v) is 7.43. The number of hydrogen-bond donors (Lipinski definition) is 1. The lowest BCUT2D eigenvalue weighted by atomic mass is 10.2. The minimum Gasteiger partial charge on any atom is -0.486 e. The molecule has 0 saturated carbocycles. The van der Waals surface area contributed by atoms with Gasteiger partial charge in [0.2, 0.25) is 5.91 Å². The van der Waals surface area contributed by atoms with Gasteiger partial charge in [-0.15, -0.1) is 0 Å². The van der Waals surface area contributed by atoms with Gasteiger partial charge in [0, 0.05) is 36.8 Å². The van der Waals surface area contributed by atoms with Crippen LogP contribution in [0.4, 0.5) is 5.69 Å². The monoisotopic (exact) mass is 327 g/mol. The molecule has 7 nitrogen and oxygen atoms in total. The Bertz CT molecular complexity index is 567. The summed E-state index contributed by atoms with van der Waals surface area (Å²) < 4.78 is 5.39. The normalized spacial score (nSPS) is 18.1. The van der Waals surface area contributed by atoms with Gasteiger partial charge >= 0.3 is 5.69 Å². The van der Waals surface area contributed by atoms with E-state index in [-0.39, 0.29) is 41.4 Å². The second kappa shape index (κ2) is 7.42. The number of benzene rings is 1. The summed E-state index contributed by atoms with van der Waals surface area (Å²) in [5.41, 5.74) is -0.199. The molecular formula is C14H18ClN3O4. The van der Waals surface area contributed by atoms with Crippen LogP contribution in [-0.2, 0) is 4.79 Å². The number of halogens is 1. The van der Waals surface area contributed by atoms with E-state index in [0.717, 1.165) is 13.1 Å². The van der Waals surface area contributed by atoms with Crippen LogP contribution in [0.1, 0.15) is 13.3 Å². The van der Waals surface area contributed by atoms with E-state index in [1.165, 1.54) is 18.2 Å². The minimum atomic E-state index is -0.554. The van der Waals surface area contributed by atoms with E-state index in [0.29, 0.717) is 6.54 Å². The number of carbonyl (C=O) groups is 1. The van der Waals surface area contributed by atoms with E-state index in [1.54, 1.807) is 4.90 Å². The molecule has 1 aromatic rings. The molecule has 0 bridgehead atoms. The first kappa shape index (κ1) is 16.5. The molecule has 0 spiro atoms. The van der Waals surface area contributed by atoms with E-state index in [9.17, 15) is 14.9 Å². The summed E-state index contributed by atoms with van der Waals surface area (Å²) >= 11 is 5.74. The number of hydrogen-bond acceptors (Lipinski definition) is 5. The molecule has 0 aliphatic carbocycles. The maximum atomic E-state index is 12.1. The molecule has 0 aromatic heterocycles. The summed E-state index contributed by atoms with van der Waals surface area (Å²) in [6, 6.07) is 4.34. The third-order valence-corrected chi connectivity index (χ3v) is 3.75. The first-order chi connectivity index (χ1) is 10.5. The van der Waals surface area contributed by atoms with Crippen LogP contribution < -0.4 is 10.1 Å². The Morgan fingerprint density at radius 1 is 1.59 bits per heavy atom. The summed E-state index contributed by atoms with van der Waals surface area (Å²) in [7, 11) is 0. The highest BCUT2D eigenvalue weighted by molar-refractivity contribution is 6.30. The SMILES string of the molecule is C[C@@H]1CNCCN1C(=O)CCOc1ccc(Cl)cc1[N+](=O)[O-]. The lowest BCUT2D eigenvalue weighted by molar-refractivity contribution is -0.385. The quantitative estimate of drug-likeness (QED) is 0.659. The van der Waals surface area contributed by atoms with Crippen molar-refractivity contribution < 1.29 is 14.5 Å². The molecule has 1 saturated heterocycles. The Kier molecular flexibility index (Phi) is 5.57. The highest BCUT2D eigenvalue weighted by Gasteiger charge is 2.23. The first-order valence-electron chi connectivity index (χ1n) is 7.06. The van der Waals surface area contributed by atoms with E-state index >= 15 is 0 Å². The molecule has 1 atom stereocenters. The van der Waals surface area contributed by atoms with Gasteiger partial charge in [-0.3, -0.25) is 14.9 Å². The third-order valence-electron chi connectivity index (χ3n) is 3.51. The van der Waals surface area contributed by atoms with E-state index in [1.807, 2.05) is 6.92 Å². The Balaban J connectivity index is 1.91. The van der Waals surface area contributed by atoms with Gasteiger partial charge in [0.15, 0.2) is 5.75 Å². The van der Waals surface area contributed by atoms with Gasteiger partial charge in [-0.1, -0.05) is 11.6 Å². The fourth-order valence-electron chi connectivity index (χ4n) is 2.36. The van der Waals surface area contributed by atoms with Gasteiger partial charge in [-0.05, 0) is 19.1 Å². The largest absolute Gasteiger partial charge is 0.486 e. The number of nitrogens with one attached hydrogen (secondary N) is 1. The average molecular weight is 328 g/mol. The second-order valence-corrected chi connectivity index (χ2v) is 5.54. The second-order valence-electron chi connectivity index (χ2n) is 5.11. The van der Waals surface area contributed by atoms with Crippen molar-refractivity contribution in [1.29, 1.82) is 0 Å². The summed E-state index contributed by atoms with van der Waals surface area (Å²) in [5, 5.41) is 14.4. The summed E-state index contributed by atoms with van der Waals surface area (Å²) in [4.78, 5) is 24.3. The maximum Gasteiger partial charge on any atom is 0.312 e. The molecule has 1 N–H and O–H groups in total. The van der Waals surface area contributed by atoms with Crippen molar-refractivity contribution in [3.63, 3.8) is 0 Å². The van der Waals surface area contributed by atoms with Crippen molar-refractivity contribution in [3.8, 4) is 5.75 Å². The Morgan fingerprint density at radius 2 is 2.36 bits per heavy atom. The van der Waals surface area contributed by atoms with Gasteiger partial charge in [-0.2, -0.15) is 0 Å². The molecule has 1 amide bonds. The third kappa shape index (κ3) is 4.08. The summed E-state index contributed by atoms with van der Waals surface area (Å²) in [6.07, 6.45) is 0.185. The minimum absolute atomic E-state index is 0.00869. The number of piperazine rings is 1. The molecule has 120 valence electrons. The van der Waals surface area contributed by atoms with Gasteiger partial charge in [0.05, 0.1) is 18.0 Å². The van der Waals surface area contributed by atoms with Crippen molar-refractivity contribution in [2.24, 2.45) is 0 Å². The predicted octanol–water partition coefficient (Wildman–Crippen LogP) is 1.84. The predicted molar refractivity (Wildman–Crippen MR) is 82.3 cm³/mol. The molecule has 1 aliphatic heterocycles. The standard InChI is InChI=1S/C14H18ClN3O4/c1-10-9-16-5-6-17(10)14(19)4-7-22-13-3-2-11(15)8-12(13)18(20)21/h2-3,8,10,16H,4-7,9H2,1H3/t10-/m1/s1. The highest BCUT2D eigenvalue weighted by atomic mass is 35.5. The number of carbonyl (C=O) groups excluding carboxylic acids is 1. The molecule has 1 heterocycles. The topological polar surface area (TPSA) is 84.7 Å². The number of nitrogens with zero attached hydrogens (tertiary/aromatic N) is 2. The van der Waals surface area contributed by atoms with Gasteiger partial charge in [0.25, 0.3) is 0 Å². The number of nitro groups is 1. The van der Waals surface area contributed by atoms with Gasteiger partial charge in [-0.25, -0.2) is 0 Å². The zero-order valence-corrected chi connectivity index (χ0v) is 13.0. The number of ether oxygens (including phenoxy) is 1. The molecule has 0 unspecified atom stereocenters. The van der Waals surface area contributed by atoms with Crippen molar-refractivity contribution >= 4 is 23.2 Å². The Morgan fingerprint density at radius 3 is 3.05 bits per heavy atom. The van der Waals surface area contributed by atoms with Crippen LogP contribution in [0, 0.1) is 10.1 Å². The van der Waals surface area contributed by atoms with Crippen LogP contribution in [-0.4, -0.2) is 48.0 Å². The van der Waals surface area contributed by atoms with Crippen molar-refractivity contribution in [2.75, 3.05) is 26.2 Å². The van der Waals surface area contributed by atoms with E-state index < -0.39 is 4.92 Å². The molecule has 22 heavy (non-hydrogen) atoms. The van der Waals surface area contributed by atoms with Crippen molar-refractivity contribution in [2.45, 2.75) is 19.4 Å². The van der Waals surface area contributed by atoms with Crippen molar-refractivity contribution in [3.05, 3.63) is 33.3 Å². The van der Waals surface area contributed by atoms with Gasteiger partial charge < -0.3 is 15.0 Å². The molecule has 1 aromatic carbocycles.